The molecule has 0 fully saturated rings. The highest BCUT2D eigenvalue weighted by molar-refractivity contribution is 5.66. The van der Waals surface area contributed by atoms with Gasteiger partial charge in [-0.25, -0.2) is 0 Å². The Balaban J connectivity index is 2.80. The number of hydrogen-bond donors (Lipinski definition) is 0. The molecular formula is C20H28O. The van der Waals surface area contributed by atoms with Crippen molar-refractivity contribution in [3.63, 3.8) is 0 Å². The zero-order valence-corrected chi connectivity index (χ0v) is 14.1. The van der Waals surface area contributed by atoms with Gasteiger partial charge in [0.2, 0.25) is 0 Å². The summed E-state index contributed by atoms with van der Waals surface area (Å²) >= 11 is 0. The number of carbonyl (C=O) groups excluding carboxylic acids is 1. The maximum absolute atomic E-state index is 10.3. The second-order valence-corrected chi connectivity index (χ2v) is 6.58. The van der Waals surface area contributed by atoms with Crippen LogP contribution < -0.4 is 0 Å². The number of allylic oxidation sites excluding steroid dienone is 10. The number of carbonyl (C=O) groups is 1. The van der Waals surface area contributed by atoms with Crippen LogP contribution in [0, 0.1) is 5.41 Å². The lowest BCUT2D eigenvalue weighted by molar-refractivity contribution is -0.104. The minimum atomic E-state index is 0.290. The monoisotopic (exact) mass is 284 g/mol. The van der Waals surface area contributed by atoms with Crippen molar-refractivity contribution in [2.24, 2.45) is 5.41 Å². The molecule has 0 saturated heterocycles. The standard InChI is InChI=1S/C20H28O/c1-16(8-6-9-17(2)13-15-21)11-12-19-18(3)10-7-14-20(19,4)5/h6,8-9,11-13,15H,7,10,14H2,1-5H3/b9-6?,12-11?,16-8?,17-13-. The third-order valence-corrected chi connectivity index (χ3v) is 4.10. The molecule has 0 aromatic carbocycles. The van der Waals surface area contributed by atoms with E-state index in [1.807, 2.05) is 19.1 Å². The van der Waals surface area contributed by atoms with Gasteiger partial charge in [0.25, 0.3) is 0 Å². The molecule has 0 N–H and O–H groups in total. The predicted molar refractivity (Wildman–Crippen MR) is 92.2 cm³/mol. The summed E-state index contributed by atoms with van der Waals surface area (Å²) in [5.74, 6) is 0. The predicted octanol–water partition coefficient (Wildman–Crippen LogP) is 5.72. The molecule has 0 spiro atoms. The van der Waals surface area contributed by atoms with E-state index in [1.54, 1.807) is 6.08 Å². The van der Waals surface area contributed by atoms with Crippen LogP contribution >= 0.6 is 0 Å². The maximum atomic E-state index is 10.3. The van der Waals surface area contributed by atoms with Gasteiger partial charge in [0.15, 0.2) is 0 Å². The van der Waals surface area contributed by atoms with E-state index in [0.717, 1.165) is 11.9 Å². The molecule has 0 atom stereocenters. The van der Waals surface area contributed by atoms with Gasteiger partial charge in [0.05, 0.1) is 0 Å². The van der Waals surface area contributed by atoms with Crippen molar-refractivity contribution in [1.29, 1.82) is 0 Å². The smallest absolute Gasteiger partial charge is 0.143 e. The van der Waals surface area contributed by atoms with Gasteiger partial charge in [-0.05, 0) is 62.7 Å². The van der Waals surface area contributed by atoms with Gasteiger partial charge in [-0.15, -0.1) is 0 Å². The average molecular weight is 284 g/mol. The molecule has 0 radical (unpaired) electrons. The van der Waals surface area contributed by atoms with E-state index in [9.17, 15) is 4.79 Å². The van der Waals surface area contributed by atoms with Crippen LogP contribution in [0.2, 0.25) is 0 Å². The molecule has 0 saturated carbocycles. The summed E-state index contributed by atoms with van der Waals surface area (Å²) in [6.45, 7) is 10.9. The molecule has 1 heteroatoms. The second-order valence-electron chi connectivity index (χ2n) is 6.58. The molecule has 1 aliphatic carbocycles. The lowest BCUT2D eigenvalue weighted by Crippen LogP contribution is -2.19. The summed E-state index contributed by atoms with van der Waals surface area (Å²) in [5, 5.41) is 0. The highest BCUT2D eigenvalue weighted by Gasteiger charge is 2.26. The summed E-state index contributed by atoms with van der Waals surface area (Å²) in [6.07, 6.45) is 16.6. The first-order valence-electron chi connectivity index (χ1n) is 7.72. The first-order valence-corrected chi connectivity index (χ1v) is 7.72. The Hall–Kier alpha value is -1.63. The van der Waals surface area contributed by atoms with Gasteiger partial charge in [-0.3, -0.25) is 4.79 Å². The summed E-state index contributed by atoms with van der Waals surface area (Å²) in [5.41, 5.74) is 5.48. The van der Waals surface area contributed by atoms with Gasteiger partial charge < -0.3 is 0 Å². The molecule has 0 heterocycles. The molecule has 114 valence electrons. The number of rotatable bonds is 5. The van der Waals surface area contributed by atoms with Gasteiger partial charge in [0.1, 0.15) is 6.29 Å². The van der Waals surface area contributed by atoms with Crippen molar-refractivity contribution in [3.8, 4) is 0 Å². The van der Waals surface area contributed by atoms with Crippen molar-refractivity contribution >= 4 is 6.29 Å². The normalized spacial score (nSPS) is 20.6. The largest absolute Gasteiger partial charge is 0.299 e. The molecule has 0 aromatic heterocycles. The fraction of sp³-hybridized carbons (Fsp3) is 0.450. The third kappa shape index (κ3) is 5.71. The number of aldehydes is 1. The van der Waals surface area contributed by atoms with Crippen LogP contribution in [0.5, 0.6) is 0 Å². The van der Waals surface area contributed by atoms with E-state index in [2.05, 4.69) is 45.9 Å². The van der Waals surface area contributed by atoms with E-state index >= 15 is 0 Å². The SMILES string of the molecule is CC(C=CC1=C(C)CCCC1(C)C)=CC=C/C(C)=C\C=O. The van der Waals surface area contributed by atoms with Gasteiger partial charge in [0, 0.05) is 0 Å². The van der Waals surface area contributed by atoms with Crippen molar-refractivity contribution in [2.45, 2.75) is 53.9 Å². The fourth-order valence-corrected chi connectivity index (χ4v) is 2.80. The Kier molecular flexibility index (Phi) is 6.61. The van der Waals surface area contributed by atoms with E-state index < -0.39 is 0 Å². The van der Waals surface area contributed by atoms with Crippen molar-refractivity contribution in [1.82, 2.24) is 0 Å². The minimum absolute atomic E-state index is 0.290. The van der Waals surface area contributed by atoms with Crippen LogP contribution in [-0.4, -0.2) is 6.29 Å². The van der Waals surface area contributed by atoms with Gasteiger partial charge >= 0.3 is 0 Å². The zero-order valence-electron chi connectivity index (χ0n) is 14.1. The fourth-order valence-electron chi connectivity index (χ4n) is 2.80. The first-order chi connectivity index (χ1) is 9.86. The Morgan fingerprint density at radius 2 is 1.76 bits per heavy atom. The van der Waals surface area contributed by atoms with Crippen LogP contribution in [0.4, 0.5) is 0 Å². The van der Waals surface area contributed by atoms with Crippen molar-refractivity contribution < 1.29 is 4.79 Å². The topological polar surface area (TPSA) is 17.1 Å². The van der Waals surface area contributed by atoms with Crippen LogP contribution in [0.1, 0.15) is 53.9 Å². The maximum Gasteiger partial charge on any atom is 0.143 e. The Labute approximate surface area is 129 Å². The molecule has 0 aromatic rings. The Morgan fingerprint density at radius 1 is 1.10 bits per heavy atom. The number of hydrogen-bond acceptors (Lipinski definition) is 1. The molecule has 1 aliphatic rings. The summed E-state index contributed by atoms with van der Waals surface area (Å²) in [7, 11) is 0. The summed E-state index contributed by atoms with van der Waals surface area (Å²) in [6, 6.07) is 0. The molecule has 1 nitrogen and oxygen atoms in total. The average Bonchev–Trinajstić information content (AvgIpc) is 2.37. The quantitative estimate of drug-likeness (QED) is 0.358. The lowest BCUT2D eigenvalue weighted by Gasteiger charge is -2.32. The minimum Gasteiger partial charge on any atom is -0.299 e. The van der Waals surface area contributed by atoms with Gasteiger partial charge in [-0.2, -0.15) is 0 Å². The third-order valence-electron chi connectivity index (χ3n) is 4.10. The van der Waals surface area contributed by atoms with Crippen LogP contribution in [0.25, 0.3) is 0 Å². The zero-order chi connectivity index (χ0) is 15.9. The molecule has 1 rings (SSSR count). The van der Waals surface area contributed by atoms with Crippen LogP contribution in [0.3, 0.4) is 0 Å². The highest BCUT2D eigenvalue weighted by atomic mass is 16.1. The second kappa shape index (κ2) is 7.97. The molecule has 0 amide bonds. The Morgan fingerprint density at radius 3 is 2.38 bits per heavy atom. The molecule has 0 aliphatic heterocycles. The van der Waals surface area contributed by atoms with Gasteiger partial charge in [-0.1, -0.05) is 55.4 Å². The van der Waals surface area contributed by atoms with Crippen molar-refractivity contribution in [3.05, 3.63) is 58.7 Å². The van der Waals surface area contributed by atoms with Crippen molar-refractivity contribution in [2.75, 3.05) is 0 Å². The highest BCUT2D eigenvalue weighted by Crippen LogP contribution is 2.40. The molecule has 0 unspecified atom stereocenters. The molecular weight excluding hydrogens is 256 g/mol. The summed E-state index contributed by atoms with van der Waals surface area (Å²) in [4.78, 5) is 10.3. The van der Waals surface area contributed by atoms with Crippen LogP contribution in [-0.2, 0) is 4.79 Å². The van der Waals surface area contributed by atoms with E-state index in [1.165, 1.54) is 36.0 Å². The van der Waals surface area contributed by atoms with E-state index in [-0.39, 0.29) is 5.41 Å². The van der Waals surface area contributed by atoms with E-state index in [4.69, 9.17) is 0 Å². The van der Waals surface area contributed by atoms with E-state index in [0.29, 0.717) is 0 Å². The Bertz CT molecular complexity index is 522. The first kappa shape index (κ1) is 17.4. The summed E-state index contributed by atoms with van der Waals surface area (Å²) < 4.78 is 0. The molecule has 21 heavy (non-hydrogen) atoms. The van der Waals surface area contributed by atoms with Crippen LogP contribution in [0.15, 0.2) is 58.7 Å². The molecule has 0 bridgehead atoms. The lowest BCUT2D eigenvalue weighted by atomic mass is 9.72.